The number of aromatic nitrogens is 4. The van der Waals surface area contributed by atoms with E-state index in [0.29, 0.717) is 12.8 Å². The van der Waals surface area contributed by atoms with Gasteiger partial charge < -0.3 is 9.88 Å². The van der Waals surface area contributed by atoms with Crippen LogP contribution < -0.4 is 0 Å². The van der Waals surface area contributed by atoms with Crippen LogP contribution in [0.2, 0.25) is 0 Å². The second-order valence-electron chi connectivity index (χ2n) is 8.41. The van der Waals surface area contributed by atoms with Gasteiger partial charge in [-0.15, -0.1) is 0 Å². The van der Waals surface area contributed by atoms with Gasteiger partial charge in [0.1, 0.15) is 5.82 Å². The zero-order valence-corrected chi connectivity index (χ0v) is 17.2. The number of rotatable bonds is 4. The Morgan fingerprint density at radius 3 is 2.74 bits per heavy atom. The molecule has 0 radical (unpaired) electrons. The van der Waals surface area contributed by atoms with Gasteiger partial charge in [0.15, 0.2) is 5.82 Å². The van der Waals surface area contributed by atoms with Gasteiger partial charge in [-0.25, -0.2) is 15.0 Å². The topological polar surface area (TPSA) is 74.8 Å². The first kappa shape index (κ1) is 18.2. The zero-order valence-electron chi connectivity index (χ0n) is 17.2. The number of carbonyl (C=O) groups excluding carboxylic acids is 1. The third-order valence-electron chi connectivity index (χ3n) is 6.52. The van der Waals surface area contributed by atoms with Gasteiger partial charge in [-0.2, -0.15) is 0 Å². The summed E-state index contributed by atoms with van der Waals surface area (Å²) < 4.78 is 0. The lowest BCUT2D eigenvalue weighted by Gasteiger charge is -2.35. The van der Waals surface area contributed by atoms with Crippen LogP contribution in [0.25, 0.3) is 22.4 Å². The molecular weight excluding hydrogens is 386 g/mol. The smallest absolute Gasteiger partial charge is 0.223 e. The van der Waals surface area contributed by atoms with Gasteiger partial charge in [-0.3, -0.25) is 4.79 Å². The Bertz CT molecular complexity index is 1230. The van der Waals surface area contributed by atoms with Crippen molar-refractivity contribution in [1.82, 2.24) is 24.8 Å². The van der Waals surface area contributed by atoms with Crippen LogP contribution in [0.4, 0.5) is 0 Å². The molecule has 2 bridgehead atoms. The Morgan fingerprint density at radius 2 is 1.87 bits per heavy atom. The molecule has 1 N–H and O–H groups in total. The number of hydrogen-bond donors (Lipinski definition) is 1. The number of H-pyrrole nitrogens is 1. The standard InChI is InChI=1S/C25H23N5O/c31-24(13-12-23-27-19-8-4-5-9-20(19)28-23)30-17-10-11-22(30)18-15-26-25(29-21(18)14-17)16-6-2-1-3-7-16/h1-9,15,17,22H,10-14H2,(H,27,28)/t17-,22+/m0/s1. The molecule has 2 atom stereocenters. The highest BCUT2D eigenvalue weighted by molar-refractivity contribution is 5.79. The zero-order chi connectivity index (χ0) is 20.8. The van der Waals surface area contributed by atoms with Crippen molar-refractivity contribution in [2.24, 2.45) is 0 Å². The number of carbonyl (C=O) groups is 1. The molecule has 4 aromatic rings. The lowest BCUT2D eigenvalue weighted by atomic mass is 9.98. The third-order valence-corrected chi connectivity index (χ3v) is 6.52. The summed E-state index contributed by atoms with van der Waals surface area (Å²) in [7, 11) is 0. The van der Waals surface area contributed by atoms with Gasteiger partial charge in [0, 0.05) is 42.6 Å². The first-order valence-corrected chi connectivity index (χ1v) is 10.9. The van der Waals surface area contributed by atoms with Gasteiger partial charge in [0.2, 0.25) is 5.91 Å². The maximum absolute atomic E-state index is 13.2. The summed E-state index contributed by atoms with van der Waals surface area (Å²) in [5, 5.41) is 0. The molecule has 2 aromatic carbocycles. The number of fused-ring (bicyclic) bond motifs is 5. The van der Waals surface area contributed by atoms with E-state index in [1.807, 2.05) is 60.8 Å². The minimum atomic E-state index is 0.0988. The number of nitrogens with zero attached hydrogens (tertiary/aromatic N) is 4. The Kier molecular flexibility index (Phi) is 4.30. The molecule has 6 rings (SSSR count). The monoisotopic (exact) mass is 409 g/mol. The van der Waals surface area contributed by atoms with Crippen LogP contribution in [0, 0.1) is 0 Å². The quantitative estimate of drug-likeness (QED) is 0.547. The van der Waals surface area contributed by atoms with Crippen molar-refractivity contribution in [3.8, 4) is 11.4 Å². The van der Waals surface area contributed by atoms with E-state index >= 15 is 0 Å². The lowest BCUT2D eigenvalue weighted by molar-refractivity contribution is -0.134. The molecular formula is C25H23N5O. The molecule has 2 aliphatic heterocycles. The van der Waals surface area contributed by atoms with Crippen molar-refractivity contribution in [1.29, 1.82) is 0 Å². The van der Waals surface area contributed by atoms with E-state index < -0.39 is 0 Å². The SMILES string of the molecule is O=C(CCc1nc2ccccc2[nH]1)N1[C@H]2CC[C@@H]1c1cnc(-c3ccccc3)nc1C2. The number of nitrogens with one attached hydrogen (secondary N) is 1. The van der Waals surface area contributed by atoms with E-state index in [-0.39, 0.29) is 18.0 Å². The number of aromatic amines is 1. The van der Waals surface area contributed by atoms with Gasteiger partial charge in [-0.1, -0.05) is 42.5 Å². The normalized spacial score (nSPS) is 19.5. The molecule has 0 spiro atoms. The second kappa shape index (κ2) is 7.30. The summed E-state index contributed by atoms with van der Waals surface area (Å²) in [5.74, 6) is 1.84. The Morgan fingerprint density at radius 1 is 1.03 bits per heavy atom. The van der Waals surface area contributed by atoms with Crippen LogP contribution in [-0.4, -0.2) is 36.8 Å². The highest BCUT2D eigenvalue weighted by Crippen LogP contribution is 2.43. The van der Waals surface area contributed by atoms with E-state index in [1.54, 1.807) is 0 Å². The fourth-order valence-electron chi connectivity index (χ4n) is 5.06. The van der Waals surface area contributed by atoms with Gasteiger partial charge in [0.25, 0.3) is 0 Å². The minimum Gasteiger partial charge on any atom is -0.342 e. The molecule has 6 heteroatoms. The molecule has 4 heterocycles. The molecule has 0 aliphatic carbocycles. The lowest BCUT2D eigenvalue weighted by Crippen LogP contribution is -2.42. The molecule has 154 valence electrons. The van der Waals surface area contributed by atoms with Crippen molar-refractivity contribution in [2.45, 2.75) is 44.2 Å². The van der Waals surface area contributed by atoms with Crippen molar-refractivity contribution >= 4 is 16.9 Å². The molecule has 0 saturated carbocycles. The molecule has 1 saturated heterocycles. The fourth-order valence-corrected chi connectivity index (χ4v) is 5.06. The van der Waals surface area contributed by atoms with Gasteiger partial charge in [0.05, 0.1) is 22.8 Å². The summed E-state index contributed by atoms with van der Waals surface area (Å²) in [4.78, 5) is 32.7. The van der Waals surface area contributed by atoms with Crippen molar-refractivity contribution in [3.05, 3.63) is 77.9 Å². The number of amides is 1. The third kappa shape index (κ3) is 3.19. The highest BCUT2D eigenvalue weighted by Gasteiger charge is 2.43. The Hall–Kier alpha value is -3.54. The number of imidazole rings is 1. The summed E-state index contributed by atoms with van der Waals surface area (Å²) in [6.07, 6.45) is 5.85. The largest absolute Gasteiger partial charge is 0.342 e. The van der Waals surface area contributed by atoms with Crippen molar-refractivity contribution in [3.63, 3.8) is 0 Å². The predicted molar refractivity (Wildman–Crippen MR) is 118 cm³/mol. The van der Waals surface area contributed by atoms with E-state index in [4.69, 9.17) is 4.98 Å². The summed E-state index contributed by atoms with van der Waals surface area (Å²) in [5.41, 5.74) is 5.21. The van der Waals surface area contributed by atoms with Crippen molar-refractivity contribution in [2.75, 3.05) is 0 Å². The Balaban J connectivity index is 1.21. The van der Waals surface area contributed by atoms with Crippen LogP contribution in [0.1, 0.15) is 42.4 Å². The van der Waals surface area contributed by atoms with Crippen LogP contribution in [0.3, 0.4) is 0 Å². The van der Waals surface area contributed by atoms with E-state index in [2.05, 4.69) is 19.9 Å². The molecule has 6 nitrogen and oxygen atoms in total. The first-order valence-electron chi connectivity index (χ1n) is 10.9. The van der Waals surface area contributed by atoms with Crippen LogP contribution in [-0.2, 0) is 17.6 Å². The fraction of sp³-hybridized carbons (Fsp3) is 0.280. The van der Waals surface area contributed by atoms with Crippen molar-refractivity contribution < 1.29 is 4.79 Å². The van der Waals surface area contributed by atoms with E-state index in [0.717, 1.165) is 58.8 Å². The summed E-state index contributed by atoms with van der Waals surface area (Å²) in [6.45, 7) is 0. The predicted octanol–water partition coefficient (Wildman–Crippen LogP) is 4.24. The molecule has 1 amide bonds. The molecule has 31 heavy (non-hydrogen) atoms. The molecule has 0 unspecified atom stereocenters. The van der Waals surface area contributed by atoms with Gasteiger partial charge >= 0.3 is 0 Å². The van der Waals surface area contributed by atoms with E-state index in [9.17, 15) is 4.79 Å². The van der Waals surface area contributed by atoms with Crippen LogP contribution >= 0.6 is 0 Å². The van der Waals surface area contributed by atoms with Crippen LogP contribution in [0.15, 0.2) is 60.8 Å². The summed E-state index contributed by atoms with van der Waals surface area (Å²) >= 11 is 0. The molecule has 2 aromatic heterocycles. The van der Waals surface area contributed by atoms with E-state index in [1.165, 1.54) is 0 Å². The molecule has 2 aliphatic rings. The summed E-state index contributed by atoms with van der Waals surface area (Å²) in [6, 6.07) is 18.4. The maximum Gasteiger partial charge on any atom is 0.223 e. The number of benzene rings is 2. The number of aryl methyl sites for hydroxylation is 1. The van der Waals surface area contributed by atoms with Crippen LogP contribution in [0.5, 0.6) is 0 Å². The maximum atomic E-state index is 13.2. The highest BCUT2D eigenvalue weighted by atomic mass is 16.2. The first-order chi connectivity index (χ1) is 15.3. The second-order valence-corrected chi connectivity index (χ2v) is 8.41. The number of para-hydroxylation sites is 2. The minimum absolute atomic E-state index is 0.0988. The number of hydrogen-bond acceptors (Lipinski definition) is 4. The average Bonchev–Trinajstić information content (AvgIpc) is 3.37. The average molecular weight is 409 g/mol. The Labute approximate surface area is 180 Å². The molecule has 1 fully saturated rings. The van der Waals surface area contributed by atoms with Gasteiger partial charge in [-0.05, 0) is 25.0 Å².